The number of piperazine rings is 1. The van der Waals surface area contributed by atoms with Crippen LogP contribution >= 0.6 is 0 Å². The second kappa shape index (κ2) is 12.4. The van der Waals surface area contributed by atoms with E-state index in [-0.39, 0.29) is 17.7 Å². The molecule has 4 aromatic rings. The van der Waals surface area contributed by atoms with Gasteiger partial charge in [-0.2, -0.15) is 9.97 Å². The standard InChI is InChI=1S/C30H35FN8O2/c1-5-26(40)33-21-7-6-8-23(17-21)41-29-27-20(11-12-37(2)3)19-32-28(27)35-30(36-29)34-22-9-10-25(24(31)18-22)39-15-13-38(4)14-16-39/h5-10,17-19H,1,11-16H2,2-4H3,(H,33,40)(H2,32,34,35,36). The molecule has 0 spiro atoms. The molecule has 1 aliphatic heterocycles. The summed E-state index contributed by atoms with van der Waals surface area (Å²) in [5.74, 6) is 0.465. The third-order valence-electron chi connectivity index (χ3n) is 6.96. The van der Waals surface area contributed by atoms with E-state index in [2.05, 4.69) is 53.9 Å². The molecule has 10 nitrogen and oxygen atoms in total. The van der Waals surface area contributed by atoms with Gasteiger partial charge in [-0.25, -0.2) is 4.39 Å². The summed E-state index contributed by atoms with van der Waals surface area (Å²) in [4.78, 5) is 30.8. The third-order valence-corrected chi connectivity index (χ3v) is 6.96. The van der Waals surface area contributed by atoms with Gasteiger partial charge < -0.3 is 35.1 Å². The number of halogens is 1. The first-order valence-electron chi connectivity index (χ1n) is 13.5. The van der Waals surface area contributed by atoms with E-state index in [0.29, 0.717) is 34.3 Å². The molecule has 0 aliphatic carbocycles. The fourth-order valence-corrected chi connectivity index (χ4v) is 4.69. The lowest BCUT2D eigenvalue weighted by Gasteiger charge is -2.34. The number of fused-ring (bicyclic) bond motifs is 1. The number of rotatable bonds is 10. The van der Waals surface area contributed by atoms with Crippen molar-refractivity contribution in [1.29, 1.82) is 0 Å². The normalized spacial score (nSPS) is 13.9. The lowest BCUT2D eigenvalue weighted by Crippen LogP contribution is -2.44. The first-order valence-corrected chi connectivity index (χ1v) is 13.5. The number of benzene rings is 2. The fourth-order valence-electron chi connectivity index (χ4n) is 4.69. The number of anilines is 4. The van der Waals surface area contributed by atoms with E-state index in [9.17, 15) is 4.79 Å². The second-order valence-electron chi connectivity index (χ2n) is 10.3. The molecule has 1 fully saturated rings. The Bertz CT molecular complexity index is 1550. The topological polar surface area (TPSA) is 102 Å². The quantitative estimate of drug-likeness (QED) is 0.243. The highest BCUT2D eigenvalue weighted by molar-refractivity contribution is 5.99. The first-order chi connectivity index (χ1) is 19.8. The molecule has 1 amide bonds. The Balaban J connectivity index is 1.44. The van der Waals surface area contributed by atoms with Crippen LogP contribution in [0.1, 0.15) is 5.56 Å². The summed E-state index contributed by atoms with van der Waals surface area (Å²) in [7, 11) is 6.10. The van der Waals surface area contributed by atoms with E-state index >= 15 is 4.39 Å². The maximum absolute atomic E-state index is 15.2. The molecule has 3 heterocycles. The average molecular weight is 559 g/mol. The van der Waals surface area contributed by atoms with E-state index in [0.717, 1.165) is 50.1 Å². The fraction of sp³-hybridized carbons (Fsp3) is 0.300. The van der Waals surface area contributed by atoms with E-state index in [1.54, 1.807) is 30.3 Å². The summed E-state index contributed by atoms with van der Waals surface area (Å²) >= 11 is 0. The number of H-pyrrole nitrogens is 1. The van der Waals surface area contributed by atoms with Crippen LogP contribution in [0, 0.1) is 5.82 Å². The minimum absolute atomic E-state index is 0.261. The molecule has 2 aromatic heterocycles. The van der Waals surface area contributed by atoms with Crippen LogP contribution in [0.25, 0.3) is 11.0 Å². The molecule has 41 heavy (non-hydrogen) atoms. The number of hydrogen-bond donors (Lipinski definition) is 3. The van der Waals surface area contributed by atoms with Crippen molar-refractivity contribution >= 4 is 40.0 Å². The van der Waals surface area contributed by atoms with Crippen molar-refractivity contribution in [3.05, 3.63) is 72.7 Å². The van der Waals surface area contributed by atoms with Gasteiger partial charge in [0, 0.05) is 56.4 Å². The molecular weight excluding hydrogens is 523 g/mol. The number of carbonyl (C=O) groups excluding carboxylic acids is 1. The van der Waals surface area contributed by atoms with Gasteiger partial charge in [-0.15, -0.1) is 0 Å². The Morgan fingerprint density at radius 1 is 1.15 bits per heavy atom. The Kier molecular flexibility index (Phi) is 8.46. The van der Waals surface area contributed by atoms with Crippen LogP contribution in [0.2, 0.25) is 0 Å². The average Bonchev–Trinajstić information content (AvgIpc) is 3.36. The zero-order valence-corrected chi connectivity index (χ0v) is 23.6. The van der Waals surface area contributed by atoms with Crippen molar-refractivity contribution in [3.8, 4) is 11.6 Å². The Morgan fingerprint density at radius 2 is 1.95 bits per heavy atom. The number of nitrogens with zero attached hydrogens (tertiary/aromatic N) is 5. The van der Waals surface area contributed by atoms with Crippen LogP contribution < -0.4 is 20.3 Å². The van der Waals surface area contributed by atoms with Gasteiger partial charge in [-0.3, -0.25) is 4.79 Å². The molecule has 0 unspecified atom stereocenters. The number of likely N-dealkylation sites (N-methyl/N-ethyl adjacent to an activating group) is 2. The zero-order chi connectivity index (χ0) is 28.9. The predicted octanol–water partition coefficient (Wildman–Crippen LogP) is 4.61. The number of hydrogen-bond acceptors (Lipinski definition) is 8. The van der Waals surface area contributed by atoms with E-state index in [1.165, 1.54) is 12.1 Å². The SMILES string of the molecule is C=CC(=O)Nc1cccc(Oc2nc(Nc3ccc(N4CCN(C)CC4)c(F)c3)nc3[nH]cc(CCN(C)C)c23)c1. The van der Waals surface area contributed by atoms with E-state index in [4.69, 9.17) is 4.74 Å². The van der Waals surface area contributed by atoms with Crippen LogP contribution in [0.3, 0.4) is 0 Å². The lowest BCUT2D eigenvalue weighted by atomic mass is 10.1. The third kappa shape index (κ3) is 6.82. The molecule has 3 N–H and O–H groups in total. The molecule has 1 saturated heterocycles. The number of ether oxygens (including phenoxy) is 1. The predicted molar refractivity (Wildman–Crippen MR) is 161 cm³/mol. The minimum Gasteiger partial charge on any atom is -0.438 e. The highest BCUT2D eigenvalue weighted by atomic mass is 19.1. The molecule has 2 aromatic carbocycles. The lowest BCUT2D eigenvalue weighted by molar-refractivity contribution is -0.111. The van der Waals surface area contributed by atoms with Crippen molar-refractivity contribution in [2.75, 3.05) is 69.4 Å². The smallest absolute Gasteiger partial charge is 0.247 e. The van der Waals surface area contributed by atoms with Gasteiger partial charge in [-0.1, -0.05) is 12.6 Å². The number of amides is 1. The molecule has 0 atom stereocenters. The highest BCUT2D eigenvalue weighted by Gasteiger charge is 2.19. The summed E-state index contributed by atoms with van der Waals surface area (Å²) in [6.45, 7) is 7.67. The largest absolute Gasteiger partial charge is 0.438 e. The van der Waals surface area contributed by atoms with Crippen LogP contribution in [-0.4, -0.2) is 84.5 Å². The summed E-state index contributed by atoms with van der Waals surface area (Å²) in [5.41, 5.74) is 3.28. The molecule has 0 saturated carbocycles. The summed E-state index contributed by atoms with van der Waals surface area (Å²) < 4.78 is 21.4. The van der Waals surface area contributed by atoms with E-state index in [1.807, 2.05) is 26.4 Å². The van der Waals surface area contributed by atoms with Gasteiger partial charge >= 0.3 is 0 Å². The second-order valence-corrected chi connectivity index (χ2v) is 10.3. The van der Waals surface area contributed by atoms with Crippen molar-refractivity contribution in [1.82, 2.24) is 24.8 Å². The van der Waals surface area contributed by atoms with Gasteiger partial charge in [0.05, 0.1) is 11.1 Å². The van der Waals surface area contributed by atoms with Crippen LogP contribution in [-0.2, 0) is 11.2 Å². The summed E-state index contributed by atoms with van der Waals surface area (Å²) in [6, 6.07) is 12.1. The Morgan fingerprint density at radius 3 is 2.68 bits per heavy atom. The molecule has 214 valence electrons. The van der Waals surface area contributed by atoms with E-state index < -0.39 is 0 Å². The van der Waals surface area contributed by atoms with Gasteiger partial charge in [0.2, 0.25) is 17.7 Å². The molecule has 0 radical (unpaired) electrons. The zero-order valence-electron chi connectivity index (χ0n) is 23.6. The highest BCUT2D eigenvalue weighted by Crippen LogP contribution is 2.33. The summed E-state index contributed by atoms with van der Waals surface area (Å²) in [5, 5.41) is 6.64. The molecule has 1 aliphatic rings. The monoisotopic (exact) mass is 558 g/mol. The summed E-state index contributed by atoms with van der Waals surface area (Å²) in [6.07, 6.45) is 3.87. The number of nitrogens with one attached hydrogen (secondary N) is 3. The van der Waals surface area contributed by atoms with Gasteiger partial charge in [-0.05, 0) is 69.5 Å². The Hall–Kier alpha value is -4.48. The molecule has 11 heteroatoms. The number of carbonyl (C=O) groups is 1. The number of aromatic nitrogens is 3. The number of aromatic amines is 1. The van der Waals surface area contributed by atoms with Crippen molar-refractivity contribution in [2.24, 2.45) is 0 Å². The first kappa shape index (κ1) is 28.1. The Labute approximate surface area is 238 Å². The molecule has 0 bridgehead atoms. The maximum atomic E-state index is 15.2. The van der Waals surface area contributed by atoms with Gasteiger partial charge in [0.1, 0.15) is 17.2 Å². The minimum atomic E-state index is -0.319. The maximum Gasteiger partial charge on any atom is 0.247 e. The van der Waals surface area contributed by atoms with Crippen molar-refractivity contribution in [2.45, 2.75) is 6.42 Å². The molecule has 5 rings (SSSR count). The van der Waals surface area contributed by atoms with Crippen molar-refractivity contribution in [3.63, 3.8) is 0 Å². The van der Waals surface area contributed by atoms with Crippen molar-refractivity contribution < 1.29 is 13.9 Å². The van der Waals surface area contributed by atoms with Crippen LogP contribution in [0.5, 0.6) is 11.6 Å². The molecular formula is C30H35FN8O2. The van der Waals surface area contributed by atoms with Gasteiger partial charge in [0.15, 0.2) is 0 Å². The van der Waals surface area contributed by atoms with Crippen LogP contribution in [0.15, 0.2) is 61.3 Å². The van der Waals surface area contributed by atoms with Gasteiger partial charge in [0.25, 0.3) is 0 Å². The van der Waals surface area contributed by atoms with Crippen LogP contribution in [0.4, 0.5) is 27.4 Å².